The number of allylic oxidation sites excluding steroid dienone is 2. The van der Waals surface area contributed by atoms with Gasteiger partial charge < -0.3 is 4.74 Å². The van der Waals surface area contributed by atoms with Gasteiger partial charge in [0.05, 0.1) is 24.6 Å². The van der Waals surface area contributed by atoms with Gasteiger partial charge in [0.2, 0.25) is 0 Å². The van der Waals surface area contributed by atoms with E-state index in [0.717, 1.165) is 32.8 Å². The molecule has 23 heavy (non-hydrogen) atoms. The fourth-order valence-electron chi connectivity index (χ4n) is 3.77. The summed E-state index contributed by atoms with van der Waals surface area (Å²) in [5.41, 5.74) is 7.71. The van der Waals surface area contributed by atoms with Crippen LogP contribution >= 0.6 is 0 Å². The van der Waals surface area contributed by atoms with Gasteiger partial charge in [0.1, 0.15) is 0 Å². The van der Waals surface area contributed by atoms with Crippen molar-refractivity contribution in [1.29, 1.82) is 0 Å². The van der Waals surface area contributed by atoms with Crippen molar-refractivity contribution in [3.8, 4) is 0 Å². The lowest BCUT2D eigenvalue weighted by atomic mass is 9.87. The fourth-order valence-corrected chi connectivity index (χ4v) is 3.77. The van der Waals surface area contributed by atoms with Crippen LogP contribution in [0.4, 0.5) is 5.69 Å². The molecule has 1 aromatic rings. The Morgan fingerprint density at radius 2 is 1.96 bits per heavy atom. The van der Waals surface area contributed by atoms with Crippen molar-refractivity contribution in [3.05, 3.63) is 53.8 Å². The summed E-state index contributed by atoms with van der Waals surface area (Å²) >= 11 is 0. The summed E-state index contributed by atoms with van der Waals surface area (Å²) < 4.78 is 5.45. The Morgan fingerprint density at radius 1 is 1.13 bits per heavy atom. The summed E-state index contributed by atoms with van der Waals surface area (Å²) in [5.74, 6) is 0.666. The second kappa shape index (κ2) is 6.87. The maximum Gasteiger partial charge on any atom is 0.0594 e. The minimum Gasteiger partial charge on any atom is -0.379 e. The average Bonchev–Trinajstić information content (AvgIpc) is 3.06. The molecule has 4 heteroatoms. The van der Waals surface area contributed by atoms with Gasteiger partial charge in [0.15, 0.2) is 0 Å². The second-order valence-corrected chi connectivity index (χ2v) is 6.49. The largest absolute Gasteiger partial charge is 0.379 e. The first kappa shape index (κ1) is 14.9. The molecule has 1 fully saturated rings. The summed E-state index contributed by atoms with van der Waals surface area (Å²) in [6, 6.07) is 10.6. The number of rotatable bonds is 4. The normalized spacial score (nSPS) is 25.0. The SMILES string of the molecule is C1=CC2=C(CNN2c2ccccc2)C(CCN2CCOCC2)C1. The summed E-state index contributed by atoms with van der Waals surface area (Å²) in [7, 11) is 0. The Hall–Kier alpha value is -1.62. The van der Waals surface area contributed by atoms with Crippen LogP contribution in [0.2, 0.25) is 0 Å². The first-order valence-electron chi connectivity index (χ1n) is 8.70. The number of anilines is 1. The molecule has 4 rings (SSSR count). The zero-order valence-electron chi connectivity index (χ0n) is 13.6. The molecule has 0 radical (unpaired) electrons. The van der Waals surface area contributed by atoms with E-state index in [9.17, 15) is 0 Å². The molecule has 1 atom stereocenters. The zero-order chi connectivity index (χ0) is 15.5. The summed E-state index contributed by atoms with van der Waals surface area (Å²) in [5, 5.41) is 2.24. The molecule has 1 aliphatic carbocycles. The van der Waals surface area contributed by atoms with E-state index in [1.54, 1.807) is 5.57 Å². The van der Waals surface area contributed by atoms with Crippen molar-refractivity contribution >= 4 is 5.69 Å². The van der Waals surface area contributed by atoms with Gasteiger partial charge in [-0.25, -0.2) is 5.43 Å². The molecule has 0 bridgehead atoms. The summed E-state index contributed by atoms with van der Waals surface area (Å²) in [6.07, 6.45) is 7.04. The Balaban J connectivity index is 1.45. The highest BCUT2D eigenvalue weighted by atomic mass is 16.5. The minimum atomic E-state index is 0.666. The van der Waals surface area contributed by atoms with E-state index in [0.29, 0.717) is 5.92 Å². The number of hydrazine groups is 1. The lowest BCUT2D eigenvalue weighted by Crippen LogP contribution is -2.37. The molecule has 1 aromatic carbocycles. The molecular weight excluding hydrogens is 286 g/mol. The van der Waals surface area contributed by atoms with Crippen molar-refractivity contribution in [2.45, 2.75) is 12.8 Å². The molecule has 0 spiro atoms. The number of benzene rings is 1. The van der Waals surface area contributed by atoms with Crippen LogP contribution in [0.1, 0.15) is 12.8 Å². The monoisotopic (exact) mass is 311 g/mol. The molecule has 4 nitrogen and oxygen atoms in total. The van der Waals surface area contributed by atoms with Gasteiger partial charge in [-0.3, -0.25) is 9.91 Å². The highest BCUT2D eigenvalue weighted by molar-refractivity contribution is 5.58. The Morgan fingerprint density at radius 3 is 2.78 bits per heavy atom. The molecule has 122 valence electrons. The van der Waals surface area contributed by atoms with Gasteiger partial charge in [0.25, 0.3) is 0 Å². The molecule has 1 saturated heterocycles. The van der Waals surface area contributed by atoms with Crippen molar-refractivity contribution < 1.29 is 4.74 Å². The molecule has 1 N–H and O–H groups in total. The van der Waals surface area contributed by atoms with E-state index in [-0.39, 0.29) is 0 Å². The van der Waals surface area contributed by atoms with Crippen molar-refractivity contribution in [2.24, 2.45) is 5.92 Å². The van der Waals surface area contributed by atoms with E-state index in [2.05, 4.69) is 57.8 Å². The predicted molar refractivity (Wildman–Crippen MR) is 93.1 cm³/mol. The molecular formula is C19H25N3O. The summed E-state index contributed by atoms with van der Waals surface area (Å²) in [6.45, 7) is 6.11. The standard InChI is InChI=1S/C19H25N3O/c1-2-6-17(7-3-1)22-19-8-4-5-16(18(19)15-20-22)9-10-21-11-13-23-14-12-21/h1-4,6-8,16,20H,5,9-15H2. The highest BCUT2D eigenvalue weighted by Gasteiger charge is 2.29. The molecule has 1 unspecified atom stereocenters. The quantitative estimate of drug-likeness (QED) is 0.925. The zero-order valence-corrected chi connectivity index (χ0v) is 13.6. The Kier molecular flexibility index (Phi) is 4.46. The Labute approximate surface area is 138 Å². The van der Waals surface area contributed by atoms with Gasteiger partial charge >= 0.3 is 0 Å². The van der Waals surface area contributed by atoms with Crippen LogP contribution in [0.15, 0.2) is 53.8 Å². The minimum absolute atomic E-state index is 0.666. The van der Waals surface area contributed by atoms with E-state index in [4.69, 9.17) is 4.74 Å². The van der Waals surface area contributed by atoms with E-state index < -0.39 is 0 Å². The lowest BCUT2D eigenvalue weighted by molar-refractivity contribution is 0.0360. The van der Waals surface area contributed by atoms with Crippen LogP contribution in [-0.4, -0.2) is 44.3 Å². The van der Waals surface area contributed by atoms with Crippen LogP contribution < -0.4 is 10.4 Å². The van der Waals surface area contributed by atoms with Crippen LogP contribution in [0, 0.1) is 5.92 Å². The number of para-hydroxylation sites is 1. The number of ether oxygens (including phenoxy) is 1. The van der Waals surface area contributed by atoms with Gasteiger partial charge in [-0.05, 0) is 49.1 Å². The second-order valence-electron chi connectivity index (χ2n) is 6.49. The lowest BCUT2D eigenvalue weighted by Gasteiger charge is -2.29. The fraction of sp³-hybridized carbons (Fsp3) is 0.474. The van der Waals surface area contributed by atoms with E-state index >= 15 is 0 Å². The smallest absolute Gasteiger partial charge is 0.0594 e. The molecule has 2 heterocycles. The van der Waals surface area contributed by atoms with Crippen LogP contribution in [0.5, 0.6) is 0 Å². The number of morpholine rings is 1. The summed E-state index contributed by atoms with van der Waals surface area (Å²) in [4.78, 5) is 2.54. The van der Waals surface area contributed by atoms with Gasteiger partial charge in [-0.1, -0.05) is 24.3 Å². The highest BCUT2D eigenvalue weighted by Crippen LogP contribution is 2.34. The topological polar surface area (TPSA) is 27.7 Å². The van der Waals surface area contributed by atoms with Gasteiger partial charge in [0, 0.05) is 19.6 Å². The first-order chi connectivity index (χ1) is 11.4. The average molecular weight is 311 g/mol. The van der Waals surface area contributed by atoms with Crippen molar-refractivity contribution in [1.82, 2.24) is 10.3 Å². The molecule has 0 aromatic heterocycles. The Bertz CT molecular complexity index is 590. The number of nitrogens with one attached hydrogen (secondary N) is 1. The first-order valence-corrected chi connectivity index (χ1v) is 8.70. The van der Waals surface area contributed by atoms with Crippen LogP contribution in [-0.2, 0) is 4.74 Å². The van der Waals surface area contributed by atoms with Gasteiger partial charge in [-0.2, -0.15) is 0 Å². The number of nitrogens with zero attached hydrogens (tertiary/aromatic N) is 2. The van der Waals surface area contributed by atoms with Crippen molar-refractivity contribution in [3.63, 3.8) is 0 Å². The number of hydrogen-bond acceptors (Lipinski definition) is 4. The van der Waals surface area contributed by atoms with Crippen LogP contribution in [0.3, 0.4) is 0 Å². The molecule has 0 saturated carbocycles. The van der Waals surface area contributed by atoms with Crippen molar-refractivity contribution in [2.75, 3.05) is 44.4 Å². The van der Waals surface area contributed by atoms with Crippen LogP contribution in [0.25, 0.3) is 0 Å². The third kappa shape index (κ3) is 3.20. The number of hydrogen-bond donors (Lipinski definition) is 1. The predicted octanol–water partition coefficient (Wildman–Crippen LogP) is 2.56. The molecule has 3 aliphatic rings. The maximum absolute atomic E-state index is 5.45. The third-order valence-electron chi connectivity index (χ3n) is 5.10. The maximum atomic E-state index is 5.45. The molecule has 0 amide bonds. The van der Waals surface area contributed by atoms with Gasteiger partial charge in [-0.15, -0.1) is 0 Å². The molecule has 2 aliphatic heterocycles. The van der Waals surface area contributed by atoms with E-state index in [1.807, 2.05) is 0 Å². The third-order valence-corrected chi connectivity index (χ3v) is 5.10. The van der Waals surface area contributed by atoms with E-state index in [1.165, 1.54) is 30.8 Å².